The van der Waals surface area contributed by atoms with E-state index >= 15 is 0 Å². The molecule has 11 heteroatoms. The number of esters is 2. The lowest BCUT2D eigenvalue weighted by Gasteiger charge is -2.17. The van der Waals surface area contributed by atoms with Gasteiger partial charge in [-0.25, -0.2) is 4.79 Å². The van der Waals surface area contributed by atoms with Crippen LogP contribution in [0, 0.1) is 5.92 Å². The maximum absolute atomic E-state index is 12.5. The van der Waals surface area contributed by atoms with Crippen molar-refractivity contribution in [3.63, 3.8) is 0 Å². The zero-order valence-electron chi connectivity index (χ0n) is 20.3. The quantitative estimate of drug-likeness (QED) is 0.253. The van der Waals surface area contributed by atoms with Gasteiger partial charge in [0.05, 0.1) is 18.1 Å². The van der Waals surface area contributed by atoms with Gasteiger partial charge < -0.3 is 14.4 Å². The van der Waals surface area contributed by atoms with Gasteiger partial charge >= 0.3 is 11.9 Å². The first kappa shape index (κ1) is 27.9. The predicted octanol–water partition coefficient (Wildman–Crippen LogP) is 3.15. The maximum Gasteiger partial charge on any atom is 0.338 e. The summed E-state index contributed by atoms with van der Waals surface area (Å²) in [6.07, 6.45) is 2.76. The number of nitrogens with zero attached hydrogens (tertiary/aromatic N) is 1. The van der Waals surface area contributed by atoms with Crippen LogP contribution in [0.1, 0.15) is 53.3 Å². The summed E-state index contributed by atoms with van der Waals surface area (Å²) in [5.41, 5.74) is 5.66. The minimum Gasteiger partial charge on any atom is -0.462 e. The molecule has 2 aromatic rings. The lowest BCUT2D eigenvalue weighted by molar-refractivity contribution is -0.152. The number of carbonyl (C=O) groups excluding carboxylic acids is 5. The molecular weight excluding hydrogens is 546 g/mol. The van der Waals surface area contributed by atoms with E-state index in [9.17, 15) is 24.0 Å². The van der Waals surface area contributed by atoms with Crippen LogP contribution < -0.4 is 15.8 Å². The van der Waals surface area contributed by atoms with Crippen LogP contribution in [0.4, 0.5) is 5.69 Å². The molecule has 0 aliphatic carbocycles. The van der Waals surface area contributed by atoms with Gasteiger partial charge in [0.25, 0.3) is 11.8 Å². The van der Waals surface area contributed by atoms with E-state index in [1.165, 1.54) is 4.90 Å². The first-order valence-electron chi connectivity index (χ1n) is 11.9. The van der Waals surface area contributed by atoms with E-state index in [1.54, 1.807) is 48.5 Å². The van der Waals surface area contributed by atoms with E-state index in [-0.39, 0.29) is 18.9 Å². The molecule has 2 aromatic carbocycles. The molecule has 0 saturated carbocycles. The van der Waals surface area contributed by atoms with Crippen LogP contribution in [-0.2, 0) is 23.9 Å². The lowest BCUT2D eigenvalue weighted by atomic mass is 10.1. The molecular formula is C26H28BrN3O7. The molecule has 1 aliphatic rings. The van der Waals surface area contributed by atoms with Crippen molar-refractivity contribution < 1.29 is 33.4 Å². The van der Waals surface area contributed by atoms with Crippen LogP contribution in [0.15, 0.2) is 53.0 Å². The summed E-state index contributed by atoms with van der Waals surface area (Å²) in [5.74, 6) is -3.40. The van der Waals surface area contributed by atoms with Crippen molar-refractivity contribution in [1.29, 1.82) is 0 Å². The van der Waals surface area contributed by atoms with Gasteiger partial charge in [-0.3, -0.25) is 30.0 Å². The fourth-order valence-electron chi connectivity index (χ4n) is 3.58. The Morgan fingerprint density at radius 2 is 1.62 bits per heavy atom. The number of unbranched alkanes of at least 4 members (excludes halogenated alkanes) is 2. The maximum atomic E-state index is 12.5. The summed E-state index contributed by atoms with van der Waals surface area (Å²) < 4.78 is 11.1. The van der Waals surface area contributed by atoms with E-state index in [0.717, 1.165) is 23.7 Å². The van der Waals surface area contributed by atoms with Gasteiger partial charge in [-0.2, -0.15) is 0 Å². The van der Waals surface area contributed by atoms with Crippen LogP contribution in [0.25, 0.3) is 0 Å². The minimum atomic E-state index is -0.749. The Hall–Kier alpha value is -3.73. The van der Waals surface area contributed by atoms with E-state index < -0.39 is 36.3 Å². The third-order valence-electron chi connectivity index (χ3n) is 5.62. The number of rotatable bonds is 10. The number of nitrogens with one attached hydrogen (secondary N) is 2. The molecule has 1 aliphatic heterocycles. The Labute approximate surface area is 222 Å². The zero-order chi connectivity index (χ0) is 26.8. The average molecular weight is 574 g/mol. The van der Waals surface area contributed by atoms with E-state index in [4.69, 9.17) is 9.47 Å². The highest BCUT2D eigenvalue weighted by molar-refractivity contribution is 9.10. The molecule has 1 atom stereocenters. The Bertz CT molecular complexity index is 1140. The van der Waals surface area contributed by atoms with Crippen molar-refractivity contribution in [3.05, 3.63) is 64.1 Å². The van der Waals surface area contributed by atoms with Crippen LogP contribution >= 0.6 is 15.9 Å². The molecule has 0 radical (unpaired) electrons. The Morgan fingerprint density at radius 1 is 0.946 bits per heavy atom. The normalized spacial score (nSPS) is 14.7. The van der Waals surface area contributed by atoms with Gasteiger partial charge in [0.2, 0.25) is 5.91 Å². The molecule has 0 aromatic heterocycles. The number of ether oxygens (including phenoxy) is 2. The van der Waals surface area contributed by atoms with Gasteiger partial charge in [-0.1, -0.05) is 35.7 Å². The Kier molecular flexibility index (Phi) is 10.2. The van der Waals surface area contributed by atoms with Crippen molar-refractivity contribution in [1.82, 2.24) is 10.9 Å². The topological polar surface area (TPSA) is 131 Å². The summed E-state index contributed by atoms with van der Waals surface area (Å²) in [5, 5.41) is 0. The van der Waals surface area contributed by atoms with Gasteiger partial charge in [0.1, 0.15) is 0 Å². The van der Waals surface area contributed by atoms with Gasteiger partial charge in [-0.05, 0) is 55.0 Å². The highest BCUT2D eigenvalue weighted by atomic mass is 79.9. The zero-order valence-corrected chi connectivity index (χ0v) is 21.9. The number of carbonyl (C=O) groups is 5. The van der Waals surface area contributed by atoms with E-state index in [2.05, 4.69) is 33.7 Å². The van der Waals surface area contributed by atoms with Crippen LogP contribution in [0.2, 0.25) is 0 Å². The molecule has 196 valence electrons. The van der Waals surface area contributed by atoms with Crippen LogP contribution in [0.5, 0.6) is 0 Å². The number of hydrogen-bond acceptors (Lipinski definition) is 7. The predicted molar refractivity (Wildman–Crippen MR) is 137 cm³/mol. The second-order valence-electron chi connectivity index (χ2n) is 8.41. The molecule has 2 N–H and O–H groups in total. The smallest absolute Gasteiger partial charge is 0.338 e. The lowest BCUT2D eigenvalue weighted by Crippen LogP contribution is -2.43. The molecule has 37 heavy (non-hydrogen) atoms. The number of halogens is 1. The highest BCUT2D eigenvalue weighted by Gasteiger charge is 2.36. The van der Waals surface area contributed by atoms with E-state index in [1.807, 2.05) is 0 Å². The minimum absolute atomic E-state index is 0.0675. The third kappa shape index (κ3) is 8.14. The van der Waals surface area contributed by atoms with Crippen molar-refractivity contribution >= 4 is 51.3 Å². The number of anilines is 1. The summed E-state index contributed by atoms with van der Waals surface area (Å²) >= 11 is 3.27. The van der Waals surface area contributed by atoms with Crippen molar-refractivity contribution in [2.24, 2.45) is 5.92 Å². The summed E-state index contributed by atoms with van der Waals surface area (Å²) in [7, 11) is 0. The SMILES string of the molecule is CCCCCOC(=O)c1ccc(N2C[C@@H](C(=O)OCC(=O)NNC(=O)c3ccc(Br)cc3)CC2=O)cc1. The molecule has 3 rings (SSSR count). The number of hydrazine groups is 1. The number of amides is 3. The molecule has 1 fully saturated rings. The second-order valence-corrected chi connectivity index (χ2v) is 9.33. The van der Waals surface area contributed by atoms with Crippen LogP contribution in [-0.4, -0.2) is 49.4 Å². The van der Waals surface area contributed by atoms with Gasteiger partial charge in [-0.15, -0.1) is 0 Å². The van der Waals surface area contributed by atoms with Crippen molar-refractivity contribution in [2.45, 2.75) is 32.6 Å². The Morgan fingerprint density at radius 3 is 2.30 bits per heavy atom. The molecule has 0 unspecified atom stereocenters. The standard InChI is InChI=1S/C26H28BrN3O7/c1-2-3-4-13-36-25(34)18-7-11-21(12-8-18)30-15-19(14-23(30)32)26(35)37-16-22(31)28-29-24(33)17-5-9-20(27)10-6-17/h5-12,19H,2-4,13-16H2,1H3,(H,28,31)(H,29,33)/t19-/m0/s1. The first-order chi connectivity index (χ1) is 17.8. The number of hydrogen-bond donors (Lipinski definition) is 2. The molecule has 1 heterocycles. The summed E-state index contributed by atoms with van der Waals surface area (Å²) in [4.78, 5) is 62.4. The van der Waals surface area contributed by atoms with Crippen molar-refractivity contribution in [3.8, 4) is 0 Å². The molecule has 10 nitrogen and oxygen atoms in total. The second kappa shape index (κ2) is 13.5. The first-order valence-corrected chi connectivity index (χ1v) is 12.7. The molecule has 0 spiro atoms. The molecule has 3 amide bonds. The molecule has 0 bridgehead atoms. The summed E-state index contributed by atoms with van der Waals surface area (Å²) in [6.45, 7) is 1.90. The Balaban J connectivity index is 1.43. The largest absolute Gasteiger partial charge is 0.462 e. The third-order valence-corrected chi connectivity index (χ3v) is 6.15. The van der Waals surface area contributed by atoms with Crippen molar-refractivity contribution in [2.75, 3.05) is 24.7 Å². The monoisotopic (exact) mass is 573 g/mol. The number of benzene rings is 2. The average Bonchev–Trinajstić information content (AvgIpc) is 3.30. The molecule has 1 saturated heterocycles. The summed E-state index contributed by atoms with van der Waals surface area (Å²) in [6, 6.07) is 12.9. The van der Waals surface area contributed by atoms with E-state index in [0.29, 0.717) is 23.4 Å². The van der Waals surface area contributed by atoms with Gasteiger partial charge in [0.15, 0.2) is 6.61 Å². The fraction of sp³-hybridized carbons (Fsp3) is 0.346. The highest BCUT2D eigenvalue weighted by Crippen LogP contribution is 2.26. The van der Waals surface area contributed by atoms with Crippen LogP contribution in [0.3, 0.4) is 0 Å². The fourth-order valence-corrected chi connectivity index (χ4v) is 3.85. The van der Waals surface area contributed by atoms with Gasteiger partial charge in [0, 0.05) is 28.7 Å².